The van der Waals surface area contributed by atoms with Crippen molar-refractivity contribution in [2.45, 2.75) is 37.8 Å². The Morgan fingerprint density at radius 1 is 1.10 bits per heavy atom. The number of nitrogens with zero attached hydrogens (tertiary/aromatic N) is 2. The van der Waals surface area contributed by atoms with Crippen molar-refractivity contribution in [1.29, 1.82) is 0 Å². The van der Waals surface area contributed by atoms with Gasteiger partial charge in [-0.15, -0.1) is 0 Å². The summed E-state index contributed by atoms with van der Waals surface area (Å²) in [5.74, 6) is 1.27. The van der Waals surface area contributed by atoms with Gasteiger partial charge in [0, 0.05) is 23.9 Å². The van der Waals surface area contributed by atoms with Crippen molar-refractivity contribution < 1.29 is 14.3 Å². The second-order valence-electron chi connectivity index (χ2n) is 7.13. The molecule has 0 aliphatic heterocycles. The summed E-state index contributed by atoms with van der Waals surface area (Å²) in [6.45, 7) is 0. The molecule has 2 heterocycles. The molecular weight excluding hydrogens is 368 g/mol. The van der Waals surface area contributed by atoms with Gasteiger partial charge < -0.3 is 14.8 Å². The number of carbonyl (C=O) groups is 1. The Labute approximate surface area is 169 Å². The van der Waals surface area contributed by atoms with Gasteiger partial charge in [-0.3, -0.25) is 9.89 Å². The third-order valence-electron chi connectivity index (χ3n) is 5.12. The molecule has 0 radical (unpaired) electrons. The molecule has 0 atom stereocenters. The first kappa shape index (κ1) is 19.0. The highest BCUT2D eigenvalue weighted by atomic mass is 16.5. The average Bonchev–Trinajstić information content (AvgIpc) is 3.26. The van der Waals surface area contributed by atoms with Crippen molar-refractivity contribution in [3.63, 3.8) is 0 Å². The molecule has 0 saturated heterocycles. The standard InChI is InChI=1S/C22H24N4O3/c1-28-18-6-4-5-15(13-18)19-14-20(26-25-19)22(27)24-16-8-10-17(11-9-16)29-21-7-2-3-12-23-21/h2-7,12-14,16-17H,8-11H2,1H3,(H,24,27)(H,25,26). The molecule has 4 rings (SSSR count). The van der Waals surface area contributed by atoms with Crippen molar-refractivity contribution in [3.05, 3.63) is 60.4 Å². The van der Waals surface area contributed by atoms with Gasteiger partial charge in [-0.1, -0.05) is 18.2 Å². The second kappa shape index (κ2) is 8.77. The summed E-state index contributed by atoms with van der Waals surface area (Å²) in [4.78, 5) is 16.8. The highest BCUT2D eigenvalue weighted by Crippen LogP contribution is 2.24. The number of amides is 1. The first-order valence-electron chi connectivity index (χ1n) is 9.79. The van der Waals surface area contributed by atoms with Crippen LogP contribution < -0.4 is 14.8 Å². The molecule has 1 aliphatic rings. The van der Waals surface area contributed by atoms with E-state index in [2.05, 4.69) is 20.5 Å². The first-order chi connectivity index (χ1) is 14.2. The van der Waals surface area contributed by atoms with E-state index in [0.717, 1.165) is 37.0 Å². The van der Waals surface area contributed by atoms with Crippen LogP contribution in [0, 0.1) is 0 Å². The molecular formula is C22H24N4O3. The van der Waals surface area contributed by atoms with Crippen molar-refractivity contribution in [2.75, 3.05) is 7.11 Å². The predicted molar refractivity (Wildman–Crippen MR) is 109 cm³/mol. The minimum absolute atomic E-state index is 0.134. The van der Waals surface area contributed by atoms with E-state index in [1.54, 1.807) is 19.4 Å². The number of rotatable bonds is 6. The van der Waals surface area contributed by atoms with Crippen molar-refractivity contribution in [3.8, 4) is 22.9 Å². The van der Waals surface area contributed by atoms with Crippen LogP contribution in [0.3, 0.4) is 0 Å². The van der Waals surface area contributed by atoms with Gasteiger partial charge in [0.1, 0.15) is 17.5 Å². The lowest BCUT2D eigenvalue weighted by atomic mass is 9.93. The minimum Gasteiger partial charge on any atom is -0.497 e. The summed E-state index contributed by atoms with van der Waals surface area (Å²) < 4.78 is 11.2. The molecule has 1 aromatic carbocycles. The predicted octanol–water partition coefficient (Wildman–Crippen LogP) is 3.60. The molecule has 0 unspecified atom stereocenters. The van der Waals surface area contributed by atoms with Crippen LogP contribution in [0.15, 0.2) is 54.7 Å². The molecule has 29 heavy (non-hydrogen) atoms. The van der Waals surface area contributed by atoms with Crippen molar-refractivity contribution in [2.24, 2.45) is 0 Å². The summed E-state index contributed by atoms with van der Waals surface area (Å²) >= 11 is 0. The Morgan fingerprint density at radius 3 is 2.72 bits per heavy atom. The number of carbonyl (C=O) groups excluding carboxylic acids is 1. The van der Waals surface area contributed by atoms with E-state index in [1.807, 2.05) is 42.5 Å². The molecule has 0 bridgehead atoms. The molecule has 1 fully saturated rings. The maximum absolute atomic E-state index is 12.6. The Morgan fingerprint density at radius 2 is 1.97 bits per heavy atom. The maximum Gasteiger partial charge on any atom is 0.269 e. The Balaban J connectivity index is 1.31. The molecule has 150 valence electrons. The van der Waals surface area contributed by atoms with Crippen LogP contribution in [0.1, 0.15) is 36.2 Å². The van der Waals surface area contributed by atoms with Crippen LogP contribution >= 0.6 is 0 Å². The lowest BCUT2D eigenvalue weighted by Crippen LogP contribution is -2.39. The monoisotopic (exact) mass is 392 g/mol. The van der Waals surface area contributed by atoms with Gasteiger partial charge >= 0.3 is 0 Å². The number of aromatic nitrogens is 3. The van der Waals surface area contributed by atoms with E-state index < -0.39 is 0 Å². The Kier molecular flexibility index (Phi) is 5.74. The summed E-state index contributed by atoms with van der Waals surface area (Å²) in [5, 5.41) is 10.2. The SMILES string of the molecule is COc1cccc(-c2cc(C(=O)NC3CCC(Oc4ccccn4)CC3)[nH]n2)c1. The quantitative estimate of drug-likeness (QED) is 0.669. The number of ether oxygens (including phenoxy) is 2. The van der Waals surface area contributed by atoms with E-state index in [0.29, 0.717) is 17.3 Å². The normalized spacial score (nSPS) is 18.8. The number of nitrogens with one attached hydrogen (secondary N) is 2. The van der Waals surface area contributed by atoms with Crippen LogP contribution in [0.4, 0.5) is 0 Å². The zero-order valence-corrected chi connectivity index (χ0v) is 16.3. The van der Waals surface area contributed by atoms with Gasteiger partial charge in [0.25, 0.3) is 5.91 Å². The number of hydrogen-bond acceptors (Lipinski definition) is 5. The number of aromatic amines is 1. The van der Waals surface area contributed by atoms with E-state index in [-0.39, 0.29) is 18.1 Å². The lowest BCUT2D eigenvalue weighted by Gasteiger charge is -2.29. The molecule has 0 spiro atoms. The van der Waals surface area contributed by atoms with Crippen molar-refractivity contribution >= 4 is 5.91 Å². The number of methoxy groups -OCH3 is 1. The molecule has 3 aromatic rings. The lowest BCUT2D eigenvalue weighted by molar-refractivity contribution is 0.0885. The summed E-state index contributed by atoms with van der Waals surface area (Å²) in [6.07, 6.45) is 5.40. The molecule has 2 N–H and O–H groups in total. The maximum atomic E-state index is 12.6. The highest BCUT2D eigenvalue weighted by Gasteiger charge is 2.24. The molecule has 1 amide bonds. The van der Waals surface area contributed by atoms with Crippen LogP contribution in [0.5, 0.6) is 11.6 Å². The van der Waals surface area contributed by atoms with Crippen molar-refractivity contribution in [1.82, 2.24) is 20.5 Å². The highest BCUT2D eigenvalue weighted by molar-refractivity contribution is 5.93. The number of pyridine rings is 1. The average molecular weight is 392 g/mol. The van der Waals surface area contributed by atoms with Crippen LogP contribution in [-0.2, 0) is 0 Å². The van der Waals surface area contributed by atoms with E-state index in [4.69, 9.17) is 9.47 Å². The van der Waals surface area contributed by atoms with Crippen LogP contribution in [-0.4, -0.2) is 40.3 Å². The number of hydrogen-bond donors (Lipinski definition) is 2. The van der Waals surface area contributed by atoms with Gasteiger partial charge in [-0.05, 0) is 49.9 Å². The van der Waals surface area contributed by atoms with Gasteiger partial charge in [-0.2, -0.15) is 5.10 Å². The molecule has 7 nitrogen and oxygen atoms in total. The zero-order chi connectivity index (χ0) is 20.1. The smallest absolute Gasteiger partial charge is 0.269 e. The van der Waals surface area contributed by atoms with Gasteiger partial charge in [-0.25, -0.2) is 4.98 Å². The third kappa shape index (κ3) is 4.74. The topological polar surface area (TPSA) is 89.1 Å². The minimum atomic E-state index is -0.138. The summed E-state index contributed by atoms with van der Waals surface area (Å²) in [7, 11) is 1.62. The number of H-pyrrole nitrogens is 1. The molecule has 2 aromatic heterocycles. The fraction of sp³-hybridized carbons (Fsp3) is 0.318. The van der Waals surface area contributed by atoms with E-state index in [1.165, 1.54) is 0 Å². The fourth-order valence-corrected chi connectivity index (χ4v) is 3.54. The summed E-state index contributed by atoms with van der Waals surface area (Å²) in [5.41, 5.74) is 2.06. The first-order valence-corrected chi connectivity index (χ1v) is 9.79. The van der Waals surface area contributed by atoms with Gasteiger partial charge in [0.15, 0.2) is 0 Å². The third-order valence-corrected chi connectivity index (χ3v) is 5.12. The second-order valence-corrected chi connectivity index (χ2v) is 7.13. The van der Waals surface area contributed by atoms with Gasteiger partial charge in [0.2, 0.25) is 5.88 Å². The number of benzene rings is 1. The Hall–Kier alpha value is -3.35. The van der Waals surface area contributed by atoms with Crippen LogP contribution in [0.25, 0.3) is 11.3 Å². The largest absolute Gasteiger partial charge is 0.497 e. The zero-order valence-electron chi connectivity index (χ0n) is 16.3. The molecule has 1 aliphatic carbocycles. The Bertz CT molecular complexity index is 949. The molecule has 1 saturated carbocycles. The fourth-order valence-electron chi connectivity index (χ4n) is 3.54. The molecule has 7 heteroatoms. The van der Waals surface area contributed by atoms with Gasteiger partial charge in [0.05, 0.1) is 12.8 Å². The van der Waals surface area contributed by atoms with E-state index in [9.17, 15) is 4.79 Å². The van der Waals surface area contributed by atoms with E-state index >= 15 is 0 Å². The summed E-state index contributed by atoms with van der Waals surface area (Å²) in [6, 6.07) is 15.1. The van der Waals surface area contributed by atoms with Crippen LogP contribution in [0.2, 0.25) is 0 Å².